The zero-order chi connectivity index (χ0) is 19.6. The number of nitrogens with one attached hydrogen (secondary N) is 1. The molecule has 0 saturated carbocycles. The molecule has 1 amide bonds. The highest BCUT2D eigenvalue weighted by Gasteiger charge is 2.23. The molecule has 1 atom stereocenters. The van der Waals surface area contributed by atoms with Gasteiger partial charge >= 0.3 is 0 Å². The molecule has 1 N–H and O–H groups in total. The predicted molar refractivity (Wildman–Crippen MR) is 107 cm³/mol. The summed E-state index contributed by atoms with van der Waals surface area (Å²) in [4.78, 5) is 16.5. The van der Waals surface area contributed by atoms with Crippen LogP contribution in [0.2, 0.25) is 0 Å². The average Bonchev–Trinajstić information content (AvgIpc) is 3.44. The third kappa shape index (κ3) is 3.45. The minimum absolute atomic E-state index is 0.110. The standard InChI is InChI=1S/C21H18N6O2/c28-21(18-7-3-11-29-18)23-16-6-1-4-14(12-16)17-8-9-19-24-25-20(27(19)26-17)15-5-2-10-22-13-15/h1-2,4-6,8-10,12-13,18H,3,7,11H2,(H,23,28). The van der Waals surface area contributed by atoms with E-state index >= 15 is 0 Å². The Balaban J connectivity index is 1.47. The van der Waals surface area contributed by atoms with E-state index in [0.717, 1.165) is 29.7 Å². The number of fused-ring (bicyclic) bond motifs is 1. The van der Waals surface area contributed by atoms with E-state index in [4.69, 9.17) is 9.84 Å². The van der Waals surface area contributed by atoms with E-state index in [1.807, 2.05) is 48.5 Å². The van der Waals surface area contributed by atoms with Gasteiger partial charge in [-0.25, -0.2) is 0 Å². The molecular formula is C21H18N6O2. The first-order valence-corrected chi connectivity index (χ1v) is 9.44. The number of carbonyl (C=O) groups excluding carboxylic acids is 1. The van der Waals surface area contributed by atoms with Crippen LogP contribution in [0.1, 0.15) is 12.8 Å². The van der Waals surface area contributed by atoms with Gasteiger partial charge in [-0.05, 0) is 49.2 Å². The molecule has 1 saturated heterocycles. The molecule has 1 aromatic carbocycles. The third-order valence-corrected chi connectivity index (χ3v) is 4.83. The molecule has 1 aliphatic rings. The molecule has 8 heteroatoms. The van der Waals surface area contributed by atoms with Gasteiger partial charge in [-0.15, -0.1) is 10.2 Å². The number of ether oxygens (including phenoxy) is 1. The summed E-state index contributed by atoms with van der Waals surface area (Å²) < 4.78 is 7.15. The normalized spacial score (nSPS) is 16.2. The van der Waals surface area contributed by atoms with Crippen molar-refractivity contribution in [3.05, 3.63) is 60.9 Å². The number of rotatable bonds is 4. The first-order chi connectivity index (χ1) is 14.3. The van der Waals surface area contributed by atoms with E-state index in [9.17, 15) is 4.79 Å². The van der Waals surface area contributed by atoms with Gasteiger partial charge in [0, 0.05) is 35.8 Å². The number of hydrogen-bond donors (Lipinski definition) is 1. The van der Waals surface area contributed by atoms with Gasteiger partial charge in [-0.2, -0.15) is 9.61 Å². The summed E-state index contributed by atoms with van der Waals surface area (Å²) in [6.45, 7) is 0.639. The second-order valence-corrected chi connectivity index (χ2v) is 6.83. The molecule has 144 valence electrons. The Morgan fingerprint density at radius 1 is 1.10 bits per heavy atom. The van der Waals surface area contributed by atoms with Gasteiger partial charge in [0.15, 0.2) is 11.5 Å². The topological polar surface area (TPSA) is 94.3 Å². The van der Waals surface area contributed by atoms with Crippen LogP contribution in [0.3, 0.4) is 0 Å². The Morgan fingerprint density at radius 2 is 2.03 bits per heavy atom. The van der Waals surface area contributed by atoms with Crippen molar-refractivity contribution in [3.8, 4) is 22.6 Å². The maximum atomic E-state index is 12.3. The summed E-state index contributed by atoms with van der Waals surface area (Å²) in [7, 11) is 0. The minimum atomic E-state index is -0.368. The lowest BCUT2D eigenvalue weighted by molar-refractivity contribution is -0.124. The number of pyridine rings is 1. The zero-order valence-corrected chi connectivity index (χ0v) is 15.5. The van der Waals surface area contributed by atoms with Crippen molar-refractivity contribution in [2.75, 3.05) is 11.9 Å². The number of aromatic nitrogens is 5. The van der Waals surface area contributed by atoms with Gasteiger partial charge in [0.25, 0.3) is 5.91 Å². The Kier molecular flexibility index (Phi) is 4.45. The highest BCUT2D eigenvalue weighted by molar-refractivity contribution is 5.94. The van der Waals surface area contributed by atoms with Gasteiger partial charge in [0.1, 0.15) is 6.10 Å². The number of benzene rings is 1. The molecule has 5 rings (SSSR count). The molecule has 4 aromatic rings. The van der Waals surface area contributed by atoms with Gasteiger partial charge in [0.2, 0.25) is 0 Å². The highest BCUT2D eigenvalue weighted by Crippen LogP contribution is 2.24. The predicted octanol–water partition coefficient (Wildman–Crippen LogP) is 2.97. The van der Waals surface area contributed by atoms with Crippen molar-refractivity contribution in [1.29, 1.82) is 0 Å². The number of hydrogen-bond acceptors (Lipinski definition) is 6. The van der Waals surface area contributed by atoms with E-state index in [0.29, 0.717) is 23.8 Å². The molecule has 1 unspecified atom stereocenters. The van der Waals surface area contributed by atoms with E-state index in [1.54, 1.807) is 16.9 Å². The van der Waals surface area contributed by atoms with Gasteiger partial charge < -0.3 is 10.1 Å². The van der Waals surface area contributed by atoms with Crippen molar-refractivity contribution in [1.82, 2.24) is 24.8 Å². The van der Waals surface area contributed by atoms with Gasteiger partial charge in [-0.1, -0.05) is 12.1 Å². The van der Waals surface area contributed by atoms with Crippen molar-refractivity contribution in [3.63, 3.8) is 0 Å². The summed E-state index contributed by atoms with van der Waals surface area (Å²) in [5.74, 6) is 0.513. The van der Waals surface area contributed by atoms with Crippen LogP contribution in [-0.2, 0) is 9.53 Å². The lowest BCUT2D eigenvalue weighted by atomic mass is 10.1. The smallest absolute Gasteiger partial charge is 0.253 e. The van der Waals surface area contributed by atoms with E-state index < -0.39 is 0 Å². The van der Waals surface area contributed by atoms with E-state index in [2.05, 4.69) is 20.5 Å². The van der Waals surface area contributed by atoms with Crippen LogP contribution in [0.15, 0.2) is 60.9 Å². The van der Waals surface area contributed by atoms with E-state index in [1.165, 1.54) is 0 Å². The Morgan fingerprint density at radius 3 is 2.86 bits per heavy atom. The van der Waals surface area contributed by atoms with Crippen LogP contribution in [0.25, 0.3) is 28.3 Å². The van der Waals surface area contributed by atoms with Crippen molar-refractivity contribution in [2.45, 2.75) is 18.9 Å². The second-order valence-electron chi connectivity index (χ2n) is 6.83. The van der Waals surface area contributed by atoms with Crippen LogP contribution >= 0.6 is 0 Å². The zero-order valence-electron chi connectivity index (χ0n) is 15.5. The van der Waals surface area contributed by atoms with Crippen LogP contribution in [0.5, 0.6) is 0 Å². The molecule has 0 bridgehead atoms. The van der Waals surface area contributed by atoms with Crippen molar-refractivity contribution in [2.24, 2.45) is 0 Å². The Hall–Kier alpha value is -3.65. The lowest BCUT2D eigenvalue weighted by Crippen LogP contribution is -2.26. The maximum Gasteiger partial charge on any atom is 0.253 e. The lowest BCUT2D eigenvalue weighted by Gasteiger charge is -2.11. The monoisotopic (exact) mass is 386 g/mol. The van der Waals surface area contributed by atoms with Gasteiger partial charge in [-0.3, -0.25) is 9.78 Å². The average molecular weight is 386 g/mol. The fourth-order valence-corrected chi connectivity index (χ4v) is 3.38. The number of nitrogens with zero attached hydrogens (tertiary/aromatic N) is 5. The Labute approximate surface area is 166 Å². The molecule has 8 nitrogen and oxygen atoms in total. The maximum absolute atomic E-state index is 12.3. The molecular weight excluding hydrogens is 368 g/mol. The summed E-state index contributed by atoms with van der Waals surface area (Å²) in [5, 5.41) is 16.1. The molecule has 4 heterocycles. The minimum Gasteiger partial charge on any atom is -0.368 e. The van der Waals surface area contributed by atoms with Gasteiger partial charge in [0.05, 0.1) is 5.69 Å². The Bertz CT molecular complexity index is 1170. The van der Waals surface area contributed by atoms with Crippen LogP contribution in [-0.4, -0.2) is 43.4 Å². The largest absolute Gasteiger partial charge is 0.368 e. The second kappa shape index (κ2) is 7.40. The molecule has 0 aliphatic carbocycles. The van der Waals surface area contributed by atoms with E-state index in [-0.39, 0.29) is 12.0 Å². The first kappa shape index (κ1) is 17.4. The molecule has 0 radical (unpaired) electrons. The highest BCUT2D eigenvalue weighted by atomic mass is 16.5. The third-order valence-electron chi connectivity index (χ3n) is 4.83. The fraction of sp³-hybridized carbons (Fsp3) is 0.190. The van der Waals surface area contributed by atoms with Crippen molar-refractivity contribution >= 4 is 17.2 Å². The SMILES string of the molecule is O=C(Nc1cccc(-c2ccc3nnc(-c4cccnc4)n3n2)c1)C1CCCO1. The van der Waals surface area contributed by atoms with Crippen molar-refractivity contribution < 1.29 is 9.53 Å². The summed E-state index contributed by atoms with van der Waals surface area (Å²) in [6, 6.07) is 15.1. The quantitative estimate of drug-likeness (QED) is 0.579. The first-order valence-electron chi connectivity index (χ1n) is 9.44. The van der Waals surface area contributed by atoms with Crippen LogP contribution in [0, 0.1) is 0 Å². The van der Waals surface area contributed by atoms with Crippen LogP contribution < -0.4 is 5.32 Å². The number of anilines is 1. The number of carbonyl (C=O) groups is 1. The summed E-state index contributed by atoms with van der Waals surface area (Å²) >= 11 is 0. The summed E-state index contributed by atoms with van der Waals surface area (Å²) in [5.41, 5.74) is 3.82. The molecule has 3 aromatic heterocycles. The number of amides is 1. The molecule has 29 heavy (non-hydrogen) atoms. The summed E-state index contributed by atoms with van der Waals surface area (Å²) in [6.07, 6.45) is 4.75. The molecule has 0 spiro atoms. The molecule has 1 fully saturated rings. The molecule has 1 aliphatic heterocycles. The van der Waals surface area contributed by atoms with Crippen LogP contribution in [0.4, 0.5) is 5.69 Å². The fourth-order valence-electron chi connectivity index (χ4n) is 3.38.